The molecular formula is C32H42FeN2P2. The van der Waals surface area contributed by atoms with Crippen LogP contribution in [0.25, 0.3) is 0 Å². The van der Waals surface area contributed by atoms with Gasteiger partial charge in [-0.15, -0.1) is 22.7 Å². The average molecular weight is 572 g/mol. The fraction of sp³-hybridized carbons (Fsp3) is 0.375. The van der Waals surface area contributed by atoms with Gasteiger partial charge in [0.15, 0.2) is 0 Å². The van der Waals surface area contributed by atoms with Crippen LogP contribution >= 0.6 is 17.2 Å². The van der Waals surface area contributed by atoms with E-state index < -0.39 is 5.16 Å². The predicted molar refractivity (Wildman–Crippen MR) is 161 cm³/mol. The van der Waals surface area contributed by atoms with E-state index in [-0.39, 0.29) is 25.0 Å². The second-order valence-electron chi connectivity index (χ2n) is 10.6. The second kappa shape index (κ2) is 14.0. The summed E-state index contributed by atoms with van der Waals surface area (Å²) in [5.41, 5.74) is 4.77. The zero-order valence-electron chi connectivity index (χ0n) is 23.1. The summed E-state index contributed by atoms with van der Waals surface area (Å²) >= 11 is 0. The molecule has 0 aliphatic carbocycles. The summed E-state index contributed by atoms with van der Waals surface area (Å²) in [6.07, 6.45) is 7.28. The Labute approximate surface area is 239 Å². The van der Waals surface area contributed by atoms with Gasteiger partial charge < -0.3 is 0 Å². The van der Waals surface area contributed by atoms with Gasteiger partial charge in [0.1, 0.15) is 0 Å². The van der Waals surface area contributed by atoms with Gasteiger partial charge in [0.05, 0.1) is 16.5 Å². The van der Waals surface area contributed by atoms with Crippen LogP contribution in [0.3, 0.4) is 0 Å². The molecular weight excluding hydrogens is 530 g/mol. The van der Waals surface area contributed by atoms with E-state index in [2.05, 4.69) is 93.2 Å². The van der Waals surface area contributed by atoms with Gasteiger partial charge in [0, 0.05) is 12.4 Å². The zero-order chi connectivity index (χ0) is 26.2. The SMILES string of the molecule is CCC(C)(C)P(Cc1cc[cH-]c1C(P)(c1ccccn1)c1ccccn1)C(C)(C)CC.[Fe+2].c1cc[cH-]c1. The van der Waals surface area contributed by atoms with Crippen LogP contribution in [0.15, 0.2) is 97.3 Å². The van der Waals surface area contributed by atoms with E-state index in [9.17, 15) is 0 Å². The van der Waals surface area contributed by atoms with E-state index in [1.807, 2.05) is 54.9 Å². The molecule has 2 aromatic carbocycles. The van der Waals surface area contributed by atoms with E-state index >= 15 is 0 Å². The van der Waals surface area contributed by atoms with E-state index in [0.717, 1.165) is 17.5 Å². The molecule has 0 fully saturated rings. The van der Waals surface area contributed by atoms with Crippen molar-refractivity contribution in [2.24, 2.45) is 0 Å². The number of nitrogens with zero attached hydrogens (tertiary/aromatic N) is 2. The minimum absolute atomic E-state index is 0. The number of aromatic nitrogens is 2. The third-order valence-electron chi connectivity index (χ3n) is 7.54. The molecule has 5 heteroatoms. The first-order valence-electron chi connectivity index (χ1n) is 13.0. The molecule has 0 aliphatic heterocycles. The molecule has 0 N–H and O–H groups in total. The van der Waals surface area contributed by atoms with Gasteiger partial charge in [-0.25, -0.2) is 18.2 Å². The molecule has 2 nitrogen and oxygen atoms in total. The largest absolute Gasteiger partial charge is 2.00 e. The van der Waals surface area contributed by atoms with Crippen molar-refractivity contribution in [3.05, 3.63) is 120 Å². The van der Waals surface area contributed by atoms with Crippen molar-refractivity contribution in [1.82, 2.24) is 9.97 Å². The van der Waals surface area contributed by atoms with Gasteiger partial charge in [-0.05, 0) is 47.4 Å². The molecule has 1 atom stereocenters. The van der Waals surface area contributed by atoms with Crippen LogP contribution in [0.1, 0.15) is 76.9 Å². The summed E-state index contributed by atoms with van der Waals surface area (Å²) in [4.78, 5) is 9.56. The maximum atomic E-state index is 4.78. The topological polar surface area (TPSA) is 25.8 Å². The van der Waals surface area contributed by atoms with Crippen LogP contribution in [0.4, 0.5) is 0 Å². The standard InChI is InChI=1S/C27H37N2P2.C5H5.Fe/c1-7-25(3,4)31(26(5,6)8-2)20-21-14-13-15-22(21)27(30,23-16-9-11-18-28-23)24-17-10-12-19-29-24;1-2-4-5-3-1;/h9-19H,7-8,20,30H2,1-6H3;1-5H;/q2*-1;+2. The van der Waals surface area contributed by atoms with Gasteiger partial charge in [0.25, 0.3) is 0 Å². The van der Waals surface area contributed by atoms with Crippen LogP contribution in [-0.2, 0) is 28.4 Å². The molecule has 0 saturated carbocycles. The third-order valence-corrected chi connectivity index (χ3v) is 12.7. The molecule has 198 valence electrons. The maximum absolute atomic E-state index is 4.78. The first kappa shape index (κ1) is 31.6. The smallest absolute Gasteiger partial charge is 0.260 e. The predicted octanol–water partition coefficient (Wildman–Crippen LogP) is 9.12. The molecule has 4 rings (SSSR count). The van der Waals surface area contributed by atoms with Gasteiger partial charge in [-0.1, -0.05) is 59.8 Å². The summed E-state index contributed by atoms with van der Waals surface area (Å²) in [6.45, 7) is 14.5. The molecule has 2 heterocycles. The Morgan fingerprint density at radius 3 is 1.65 bits per heavy atom. The second-order valence-corrected chi connectivity index (χ2v) is 15.0. The quantitative estimate of drug-likeness (QED) is 0.114. The Kier molecular flexibility index (Phi) is 11.9. The van der Waals surface area contributed by atoms with Crippen molar-refractivity contribution in [3.63, 3.8) is 0 Å². The van der Waals surface area contributed by atoms with Crippen LogP contribution in [-0.4, -0.2) is 20.3 Å². The fourth-order valence-corrected chi connectivity index (χ4v) is 9.20. The molecule has 0 spiro atoms. The average Bonchev–Trinajstić information content (AvgIpc) is 3.63. The van der Waals surface area contributed by atoms with Crippen molar-refractivity contribution in [2.75, 3.05) is 0 Å². The normalized spacial score (nSPS) is 12.0. The molecule has 1 unspecified atom stereocenters. The zero-order valence-corrected chi connectivity index (χ0v) is 26.3. The van der Waals surface area contributed by atoms with Crippen molar-refractivity contribution >= 4 is 17.2 Å². The van der Waals surface area contributed by atoms with E-state index in [4.69, 9.17) is 9.97 Å². The van der Waals surface area contributed by atoms with Crippen LogP contribution < -0.4 is 0 Å². The Hall–Kier alpha value is -1.62. The first-order chi connectivity index (χ1) is 17.2. The molecule has 0 amide bonds. The molecule has 0 bridgehead atoms. The summed E-state index contributed by atoms with van der Waals surface area (Å²) in [5, 5.41) is 0.181. The van der Waals surface area contributed by atoms with E-state index in [1.165, 1.54) is 24.0 Å². The third kappa shape index (κ3) is 7.49. The Bertz CT molecular complexity index is 1080. The van der Waals surface area contributed by atoms with Crippen molar-refractivity contribution in [2.45, 2.75) is 76.0 Å². The number of hydrogen-bond donors (Lipinski definition) is 0. The summed E-state index contributed by atoms with van der Waals surface area (Å²) < 4.78 is 0. The number of hydrogen-bond acceptors (Lipinski definition) is 2. The van der Waals surface area contributed by atoms with Crippen LogP contribution in [0, 0.1) is 0 Å². The molecule has 0 radical (unpaired) electrons. The Morgan fingerprint density at radius 1 is 0.757 bits per heavy atom. The fourth-order valence-electron chi connectivity index (χ4n) is 4.70. The first-order valence-corrected chi connectivity index (χ1v) is 15.1. The maximum Gasteiger partial charge on any atom is 2.00 e. The van der Waals surface area contributed by atoms with Crippen LogP contribution in [0.2, 0.25) is 0 Å². The number of pyridine rings is 2. The van der Waals surface area contributed by atoms with Gasteiger partial charge >= 0.3 is 17.1 Å². The monoisotopic (exact) mass is 572 g/mol. The van der Waals surface area contributed by atoms with Gasteiger partial charge in [-0.3, -0.25) is 9.97 Å². The molecule has 0 aliphatic rings. The summed E-state index contributed by atoms with van der Waals surface area (Å²) in [5.74, 6) is 0. The van der Waals surface area contributed by atoms with Crippen molar-refractivity contribution in [3.8, 4) is 0 Å². The molecule has 2 aromatic heterocycles. The molecule has 0 saturated heterocycles. The van der Waals surface area contributed by atoms with E-state index in [0.29, 0.717) is 10.3 Å². The van der Waals surface area contributed by atoms with Crippen molar-refractivity contribution < 1.29 is 17.1 Å². The van der Waals surface area contributed by atoms with Gasteiger partial charge in [0.2, 0.25) is 0 Å². The Balaban J connectivity index is 0.000000716. The number of rotatable bonds is 9. The molecule has 37 heavy (non-hydrogen) atoms. The summed E-state index contributed by atoms with van der Waals surface area (Å²) in [6, 6.07) is 29.1. The van der Waals surface area contributed by atoms with Crippen LogP contribution in [0.5, 0.6) is 0 Å². The molecule has 4 aromatic rings. The minimum Gasteiger partial charge on any atom is -0.260 e. The summed E-state index contributed by atoms with van der Waals surface area (Å²) in [7, 11) is 2.86. The van der Waals surface area contributed by atoms with E-state index in [1.54, 1.807) is 0 Å². The Morgan fingerprint density at radius 2 is 1.27 bits per heavy atom. The minimum atomic E-state index is -0.463. The van der Waals surface area contributed by atoms with Gasteiger partial charge in [-0.2, -0.15) is 35.9 Å². The van der Waals surface area contributed by atoms with Crippen molar-refractivity contribution in [1.29, 1.82) is 0 Å².